The van der Waals surface area contributed by atoms with E-state index in [2.05, 4.69) is 4.18 Å². The first-order valence-corrected chi connectivity index (χ1v) is 7.16. The lowest BCUT2D eigenvalue weighted by Crippen LogP contribution is -2.28. The molecular weight excluding hydrogens is 295 g/mol. The Balaban J connectivity index is 2.57. The smallest absolute Gasteiger partial charge is 0.375 e. The number of fused-ring (bicyclic) bond motifs is 1. The monoisotopic (exact) mass is 307 g/mol. The van der Waals surface area contributed by atoms with Gasteiger partial charge in [-0.05, 0) is 24.6 Å². The normalized spacial score (nSPS) is 12.8. The number of rotatable bonds is 3. The Morgan fingerprint density at radius 1 is 1.30 bits per heavy atom. The van der Waals surface area contributed by atoms with Gasteiger partial charge < -0.3 is 8.75 Å². The second-order valence-corrected chi connectivity index (χ2v) is 5.76. The Labute approximate surface area is 113 Å². The van der Waals surface area contributed by atoms with Gasteiger partial charge in [0, 0.05) is 18.1 Å². The van der Waals surface area contributed by atoms with Crippen LogP contribution in [0.2, 0.25) is 0 Å². The maximum absolute atomic E-state index is 12.4. The first kappa shape index (κ1) is 14.7. The van der Waals surface area contributed by atoms with Gasteiger partial charge in [0.25, 0.3) is 0 Å². The molecule has 0 atom stereocenters. The van der Waals surface area contributed by atoms with Crippen LogP contribution >= 0.6 is 0 Å². The van der Waals surface area contributed by atoms with Gasteiger partial charge in [-0.15, -0.1) is 0 Å². The number of hydrogen-bond acceptors (Lipinski definition) is 3. The average Bonchev–Trinajstić information content (AvgIpc) is 2.66. The van der Waals surface area contributed by atoms with E-state index in [0.717, 1.165) is 5.69 Å². The minimum Gasteiger partial charge on any atom is -0.375 e. The third-order valence-corrected chi connectivity index (χ3v) is 3.96. The molecule has 110 valence electrons. The Morgan fingerprint density at radius 2 is 1.95 bits per heavy atom. The van der Waals surface area contributed by atoms with Crippen molar-refractivity contribution in [1.82, 2.24) is 4.57 Å². The topological polar surface area (TPSA) is 48.3 Å². The first-order valence-electron chi connectivity index (χ1n) is 5.75. The number of benzene rings is 1. The largest absolute Gasteiger partial charge is 0.534 e. The molecule has 1 aromatic carbocycles. The molecule has 0 spiro atoms. The summed E-state index contributed by atoms with van der Waals surface area (Å²) in [6.07, 6.45) is 0.663. The van der Waals surface area contributed by atoms with Gasteiger partial charge in [0.2, 0.25) is 0 Å². The quantitative estimate of drug-likeness (QED) is 0.647. The molecule has 2 rings (SSSR count). The van der Waals surface area contributed by atoms with E-state index in [1.807, 2.05) is 6.92 Å². The maximum atomic E-state index is 12.4. The van der Waals surface area contributed by atoms with Crippen molar-refractivity contribution >= 4 is 21.0 Å². The minimum absolute atomic E-state index is 0.324. The van der Waals surface area contributed by atoms with Crippen LogP contribution in [0.15, 0.2) is 24.3 Å². The van der Waals surface area contributed by atoms with Crippen LogP contribution in [-0.2, 0) is 23.6 Å². The fraction of sp³-hybridized carbons (Fsp3) is 0.333. The van der Waals surface area contributed by atoms with Gasteiger partial charge in [-0.25, -0.2) is 0 Å². The van der Waals surface area contributed by atoms with Gasteiger partial charge in [0.15, 0.2) is 5.75 Å². The molecule has 0 bridgehead atoms. The van der Waals surface area contributed by atoms with Crippen molar-refractivity contribution in [2.75, 3.05) is 0 Å². The highest BCUT2D eigenvalue weighted by atomic mass is 32.2. The summed E-state index contributed by atoms with van der Waals surface area (Å²) in [6, 6.07) is 5.95. The summed E-state index contributed by atoms with van der Waals surface area (Å²) in [7, 11) is -3.91. The summed E-state index contributed by atoms with van der Waals surface area (Å²) >= 11 is 0. The zero-order valence-corrected chi connectivity index (χ0v) is 11.5. The van der Waals surface area contributed by atoms with E-state index in [1.54, 1.807) is 23.7 Å². The number of alkyl halides is 3. The van der Waals surface area contributed by atoms with Crippen molar-refractivity contribution in [2.45, 2.75) is 18.9 Å². The lowest BCUT2D eigenvalue weighted by molar-refractivity contribution is -0.0499. The molecule has 4 nitrogen and oxygen atoms in total. The molecule has 0 aliphatic heterocycles. The highest BCUT2D eigenvalue weighted by Crippen LogP contribution is 2.33. The zero-order chi connectivity index (χ0) is 15.1. The van der Waals surface area contributed by atoms with Crippen LogP contribution in [0.1, 0.15) is 12.6 Å². The van der Waals surface area contributed by atoms with Crippen LogP contribution in [0.25, 0.3) is 10.9 Å². The van der Waals surface area contributed by atoms with Crippen LogP contribution in [0.4, 0.5) is 13.2 Å². The van der Waals surface area contributed by atoms with Gasteiger partial charge in [-0.2, -0.15) is 21.6 Å². The van der Waals surface area contributed by atoms with E-state index in [4.69, 9.17) is 0 Å². The molecule has 0 saturated carbocycles. The Morgan fingerprint density at radius 3 is 2.50 bits per heavy atom. The SMILES string of the molecule is CCc1cc2c(OS(=O)(=O)C(F)(F)F)cccc2n1C. The second kappa shape index (κ2) is 4.69. The highest BCUT2D eigenvalue weighted by molar-refractivity contribution is 7.88. The molecule has 0 saturated heterocycles. The Hall–Kier alpha value is -1.70. The highest BCUT2D eigenvalue weighted by Gasteiger charge is 2.48. The molecule has 0 amide bonds. The van der Waals surface area contributed by atoms with Crippen molar-refractivity contribution in [2.24, 2.45) is 7.05 Å². The predicted octanol–water partition coefficient (Wildman–Crippen LogP) is 2.97. The standard InChI is InChI=1S/C12H12F3NO3S/c1-3-8-7-9-10(16(8)2)5-4-6-11(9)19-20(17,18)12(13,14)15/h4-7H,3H2,1-2H3. The van der Waals surface area contributed by atoms with Crippen molar-refractivity contribution in [1.29, 1.82) is 0 Å². The predicted molar refractivity (Wildman–Crippen MR) is 67.9 cm³/mol. The summed E-state index contributed by atoms with van der Waals surface area (Å²) < 4.78 is 65.2. The summed E-state index contributed by atoms with van der Waals surface area (Å²) in [5.74, 6) is -0.324. The fourth-order valence-electron chi connectivity index (χ4n) is 1.97. The minimum atomic E-state index is -5.66. The Bertz CT molecular complexity index is 747. The third kappa shape index (κ3) is 2.35. The van der Waals surface area contributed by atoms with E-state index < -0.39 is 15.6 Å². The molecule has 8 heteroatoms. The van der Waals surface area contributed by atoms with Crippen molar-refractivity contribution < 1.29 is 25.8 Å². The molecule has 0 unspecified atom stereocenters. The molecule has 0 aliphatic carbocycles. The van der Waals surface area contributed by atoms with Crippen LogP contribution in [0.5, 0.6) is 5.75 Å². The average molecular weight is 307 g/mol. The number of aromatic nitrogens is 1. The van der Waals surface area contributed by atoms with Crippen LogP contribution in [0.3, 0.4) is 0 Å². The van der Waals surface area contributed by atoms with Crippen molar-refractivity contribution in [3.05, 3.63) is 30.0 Å². The van der Waals surface area contributed by atoms with Gasteiger partial charge in [-0.3, -0.25) is 0 Å². The number of nitrogens with zero attached hydrogens (tertiary/aromatic N) is 1. The molecular formula is C12H12F3NO3S. The Kier molecular flexibility index (Phi) is 3.45. The van der Waals surface area contributed by atoms with Gasteiger partial charge in [0.1, 0.15) is 0 Å². The van der Waals surface area contributed by atoms with Crippen molar-refractivity contribution in [3.8, 4) is 5.75 Å². The second-order valence-electron chi connectivity index (χ2n) is 4.22. The number of hydrogen-bond donors (Lipinski definition) is 0. The third-order valence-electron chi connectivity index (χ3n) is 2.99. The van der Waals surface area contributed by atoms with Gasteiger partial charge in [0.05, 0.1) is 5.52 Å². The number of aryl methyl sites for hydroxylation is 2. The number of halogens is 3. The molecule has 0 radical (unpaired) electrons. The van der Waals surface area contributed by atoms with E-state index in [9.17, 15) is 21.6 Å². The molecule has 0 N–H and O–H groups in total. The summed E-state index contributed by atoms with van der Waals surface area (Å²) in [5.41, 5.74) is -3.98. The van der Waals surface area contributed by atoms with Crippen LogP contribution < -0.4 is 4.18 Å². The van der Waals surface area contributed by atoms with E-state index in [1.165, 1.54) is 12.1 Å². The van der Waals surface area contributed by atoms with E-state index in [0.29, 0.717) is 17.3 Å². The zero-order valence-electron chi connectivity index (χ0n) is 10.7. The summed E-state index contributed by atoms with van der Waals surface area (Å²) in [5, 5.41) is 0.333. The lowest BCUT2D eigenvalue weighted by atomic mass is 10.2. The summed E-state index contributed by atoms with van der Waals surface area (Å²) in [4.78, 5) is 0. The maximum Gasteiger partial charge on any atom is 0.534 e. The molecule has 20 heavy (non-hydrogen) atoms. The molecule has 1 aromatic heterocycles. The van der Waals surface area contributed by atoms with Crippen molar-refractivity contribution in [3.63, 3.8) is 0 Å². The van der Waals surface area contributed by atoms with Crippen LogP contribution in [0, 0.1) is 0 Å². The van der Waals surface area contributed by atoms with Gasteiger partial charge >= 0.3 is 15.6 Å². The van der Waals surface area contributed by atoms with E-state index >= 15 is 0 Å². The molecule has 2 aromatic rings. The van der Waals surface area contributed by atoms with E-state index in [-0.39, 0.29) is 5.75 Å². The summed E-state index contributed by atoms with van der Waals surface area (Å²) in [6.45, 7) is 1.89. The van der Waals surface area contributed by atoms with Crippen LogP contribution in [-0.4, -0.2) is 18.5 Å². The fourth-order valence-corrected chi connectivity index (χ4v) is 2.44. The first-order chi connectivity index (χ1) is 9.17. The molecule has 0 aliphatic rings. The van der Waals surface area contributed by atoms with Gasteiger partial charge in [-0.1, -0.05) is 13.0 Å². The molecule has 0 fully saturated rings. The lowest BCUT2D eigenvalue weighted by Gasteiger charge is -2.10. The molecule has 1 heterocycles.